The summed E-state index contributed by atoms with van der Waals surface area (Å²) in [6, 6.07) is 13.9. The molecule has 4 amide bonds. The predicted molar refractivity (Wildman–Crippen MR) is 228 cm³/mol. The van der Waals surface area contributed by atoms with Crippen LogP contribution in [0.1, 0.15) is 103 Å². The van der Waals surface area contributed by atoms with Crippen LogP contribution in [-0.2, 0) is 19.1 Å². The van der Waals surface area contributed by atoms with Crippen molar-refractivity contribution in [3.05, 3.63) is 83.7 Å². The molecule has 0 spiro atoms. The fraction of sp³-hybridized carbons (Fsp3) is 0.478. The molecule has 2 aromatic carbocycles. The zero-order valence-corrected chi connectivity index (χ0v) is 36.3. The second kappa shape index (κ2) is 17.6. The van der Waals surface area contributed by atoms with E-state index in [4.69, 9.17) is 19.4 Å². The summed E-state index contributed by atoms with van der Waals surface area (Å²) in [6.45, 7) is 17.2. The molecule has 2 aromatic heterocycles. The maximum atomic E-state index is 13.8. The van der Waals surface area contributed by atoms with E-state index in [2.05, 4.69) is 60.1 Å². The number of imidazole rings is 2. The van der Waals surface area contributed by atoms with E-state index in [9.17, 15) is 19.2 Å². The maximum Gasteiger partial charge on any atom is 0.407 e. The summed E-state index contributed by atoms with van der Waals surface area (Å²) >= 11 is 0. The number of amides is 4. The van der Waals surface area contributed by atoms with E-state index >= 15 is 0 Å². The highest BCUT2D eigenvalue weighted by Crippen LogP contribution is 2.44. The highest BCUT2D eigenvalue weighted by Gasteiger charge is 2.46. The highest BCUT2D eigenvalue weighted by molar-refractivity contribution is 5.87. The molecule has 318 valence electrons. The van der Waals surface area contributed by atoms with Gasteiger partial charge in [-0.15, -0.1) is 0 Å². The first-order valence-corrected chi connectivity index (χ1v) is 20.5. The Morgan fingerprint density at radius 3 is 1.32 bits per heavy atom. The molecule has 2 aliphatic rings. The number of aromatic amines is 2. The standard InChI is InChI=1S/C46H58N8O6/c1-27(2)37(51-43(57)59-9)41(55)53-25-45(5,6)21-35(53)39-47-23-33(49-39)31-17-13-29(14-18-31)11-12-30-15-19-32(20-16-30)34-24-48-40(50-34)36-22-46(7,8)26-54(36)42(56)38(28(3)4)52-44(58)60-10/h13-20,23-24,27-28,35-38H,21-22,25-26H2,1-10H3,(H,47,49)(H,48,50)(H,51,57)(H,52,58)/t35-,36-,37-,38-/m0/s1. The van der Waals surface area contributed by atoms with Gasteiger partial charge < -0.3 is 39.9 Å². The van der Waals surface area contributed by atoms with Gasteiger partial charge in [0.05, 0.1) is 50.1 Å². The van der Waals surface area contributed by atoms with Crippen LogP contribution >= 0.6 is 0 Å². The van der Waals surface area contributed by atoms with E-state index in [0.717, 1.165) is 46.5 Å². The van der Waals surface area contributed by atoms with E-state index in [1.54, 1.807) is 12.4 Å². The van der Waals surface area contributed by atoms with Crippen LogP contribution in [-0.4, -0.2) is 93.1 Å². The zero-order chi connectivity index (χ0) is 43.5. The van der Waals surface area contributed by atoms with Crippen molar-refractivity contribution in [2.75, 3.05) is 27.3 Å². The second-order valence-corrected chi connectivity index (χ2v) is 18.2. The molecular weight excluding hydrogens is 761 g/mol. The number of aromatic nitrogens is 4. The van der Waals surface area contributed by atoms with Gasteiger partial charge in [0.1, 0.15) is 23.7 Å². The van der Waals surface area contributed by atoms with Gasteiger partial charge in [-0.3, -0.25) is 9.59 Å². The predicted octanol–water partition coefficient (Wildman–Crippen LogP) is 7.23. The molecule has 2 fully saturated rings. The molecule has 2 saturated heterocycles. The Hall–Kier alpha value is -6.10. The van der Waals surface area contributed by atoms with Gasteiger partial charge in [-0.05, 0) is 70.9 Å². The third-order valence-corrected chi connectivity index (χ3v) is 11.4. The van der Waals surface area contributed by atoms with Crippen LogP contribution in [0.2, 0.25) is 0 Å². The van der Waals surface area contributed by atoms with Crippen LogP contribution in [0.5, 0.6) is 0 Å². The van der Waals surface area contributed by atoms with E-state index < -0.39 is 24.3 Å². The zero-order valence-electron chi connectivity index (χ0n) is 36.3. The third-order valence-electron chi connectivity index (χ3n) is 11.4. The number of hydrogen-bond donors (Lipinski definition) is 4. The Kier molecular flexibility index (Phi) is 12.8. The largest absolute Gasteiger partial charge is 0.453 e. The molecule has 2 aliphatic heterocycles. The molecule has 60 heavy (non-hydrogen) atoms. The monoisotopic (exact) mass is 818 g/mol. The number of H-pyrrole nitrogens is 2. The second-order valence-electron chi connectivity index (χ2n) is 18.2. The number of nitrogens with zero attached hydrogens (tertiary/aromatic N) is 4. The molecule has 14 heteroatoms. The molecule has 6 rings (SSSR count). The van der Waals surface area contributed by atoms with Crippen molar-refractivity contribution in [3.8, 4) is 34.4 Å². The van der Waals surface area contributed by atoms with Crippen molar-refractivity contribution in [2.24, 2.45) is 22.7 Å². The minimum absolute atomic E-state index is 0.128. The lowest BCUT2D eigenvalue weighted by atomic mass is 9.90. The Balaban J connectivity index is 1.11. The average Bonchev–Trinajstić information content (AvgIpc) is 4.03. The minimum Gasteiger partial charge on any atom is -0.453 e. The number of methoxy groups -OCH3 is 2. The Bertz CT molecular complexity index is 2090. The van der Waals surface area contributed by atoms with Crippen LogP contribution in [0.3, 0.4) is 0 Å². The molecule has 0 aliphatic carbocycles. The van der Waals surface area contributed by atoms with Crippen LogP contribution in [0, 0.1) is 34.5 Å². The summed E-state index contributed by atoms with van der Waals surface area (Å²) in [7, 11) is 2.58. The Morgan fingerprint density at radius 1 is 0.650 bits per heavy atom. The van der Waals surface area contributed by atoms with Gasteiger partial charge in [0.15, 0.2) is 0 Å². The average molecular weight is 819 g/mol. The Morgan fingerprint density at radius 2 is 1.00 bits per heavy atom. The number of alkyl carbamates (subject to hydrolysis) is 2. The van der Waals surface area contributed by atoms with E-state index in [-0.39, 0.29) is 46.6 Å². The highest BCUT2D eigenvalue weighted by atomic mass is 16.5. The fourth-order valence-corrected chi connectivity index (χ4v) is 8.16. The molecule has 0 unspecified atom stereocenters. The molecule has 0 bridgehead atoms. The molecule has 4 atom stereocenters. The number of nitrogens with one attached hydrogen (secondary N) is 4. The van der Waals surface area contributed by atoms with E-state index in [0.29, 0.717) is 24.7 Å². The number of likely N-dealkylation sites (tertiary alicyclic amines) is 2. The molecule has 14 nitrogen and oxygen atoms in total. The van der Waals surface area contributed by atoms with Gasteiger partial charge in [0.2, 0.25) is 11.8 Å². The lowest BCUT2D eigenvalue weighted by Gasteiger charge is -2.30. The van der Waals surface area contributed by atoms with Gasteiger partial charge in [-0.1, -0.05) is 91.5 Å². The van der Waals surface area contributed by atoms with Crippen molar-refractivity contribution in [3.63, 3.8) is 0 Å². The number of rotatable bonds is 10. The van der Waals surface area contributed by atoms with Gasteiger partial charge in [-0.2, -0.15) is 0 Å². The molecule has 4 heterocycles. The van der Waals surface area contributed by atoms with Crippen LogP contribution in [0.4, 0.5) is 9.59 Å². The number of benzene rings is 2. The SMILES string of the molecule is COC(=O)N[C@H](C(=O)N1CC(C)(C)C[C@H]1c1ncc(-c2ccc(C#Cc3ccc(-c4cnc([C@@H]5CC(C)(C)CN5C(=O)[C@@H](NC(=O)OC)C(C)C)[nH]4)cc3)cc2)[nH]1)C(C)C. The van der Waals surface area contributed by atoms with Crippen LogP contribution < -0.4 is 10.6 Å². The van der Waals surface area contributed by atoms with Gasteiger partial charge >= 0.3 is 12.2 Å². The number of carbonyl (C=O) groups excluding carboxylic acids is 4. The number of hydrogen-bond acceptors (Lipinski definition) is 8. The molecule has 0 radical (unpaired) electrons. The van der Waals surface area contributed by atoms with Crippen LogP contribution in [0.15, 0.2) is 60.9 Å². The number of carbonyl (C=O) groups is 4. The third kappa shape index (κ3) is 9.84. The summed E-state index contributed by atoms with van der Waals surface area (Å²) in [6.07, 6.45) is 3.77. The quantitative estimate of drug-likeness (QED) is 0.121. The van der Waals surface area contributed by atoms with Crippen molar-refractivity contribution < 1.29 is 28.7 Å². The van der Waals surface area contributed by atoms with Gasteiger partial charge in [0, 0.05) is 24.2 Å². The van der Waals surface area contributed by atoms with Crippen molar-refractivity contribution in [1.82, 2.24) is 40.4 Å². The first kappa shape index (κ1) is 43.5. The molecular formula is C46H58N8O6. The van der Waals surface area contributed by atoms with Crippen molar-refractivity contribution >= 4 is 24.0 Å². The van der Waals surface area contributed by atoms with E-state index in [1.807, 2.05) is 86.0 Å². The smallest absolute Gasteiger partial charge is 0.407 e. The topological polar surface area (TPSA) is 175 Å². The minimum atomic E-state index is -0.718. The summed E-state index contributed by atoms with van der Waals surface area (Å²) in [5, 5.41) is 5.43. The van der Waals surface area contributed by atoms with Gasteiger partial charge in [-0.25, -0.2) is 19.6 Å². The molecule has 4 N–H and O–H groups in total. The molecule has 0 saturated carbocycles. The fourth-order valence-electron chi connectivity index (χ4n) is 8.16. The summed E-state index contributed by atoms with van der Waals surface area (Å²) in [5.41, 5.74) is 4.99. The normalized spacial score (nSPS) is 19.1. The summed E-state index contributed by atoms with van der Waals surface area (Å²) in [5.74, 6) is 7.35. The molecule has 4 aromatic rings. The lowest BCUT2D eigenvalue weighted by Crippen LogP contribution is -2.51. The van der Waals surface area contributed by atoms with Crippen molar-refractivity contribution in [1.29, 1.82) is 0 Å². The van der Waals surface area contributed by atoms with Crippen molar-refractivity contribution in [2.45, 2.75) is 92.4 Å². The van der Waals surface area contributed by atoms with E-state index in [1.165, 1.54) is 14.2 Å². The maximum absolute atomic E-state index is 13.8. The first-order chi connectivity index (χ1) is 28.4. The number of ether oxygens (including phenoxy) is 2. The first-order valence-electron chi connectivity index (χ1n) is 20.5. The van der Waals surface area contributed by atoms with Crippen LogP contribution in [0.25, 0.3) is 22.5 Å². The summed E-state index contributed by atoms with van der Waals surface area (Å²) < 4.78 is 9.58. The van der Waals surface area contributed by atoms with Gasteiger partial charge in [0.25, 0.3) is 0 Å². The Labute approximate surface area is 352 Å². The summed E-state index contributed by atoms with van der Waals surface area (Å²) in [4.78, 5) is 71.7. The lowest BCUT2D eigenvalue weighted by molar-refractivity contribution is -0.136.